The van der Waals surface area contributed by atoms with Crippen molar-refractivity contribution in [3.63, 3.8) is 0 Å². The first-order valence-corrected chi connectivity index (χ1v) is 6.78. The molecule has 0 bridgehead atoms. The molecule has 4 heteroatoms. The Morgan fingerprint density at radius 1 is 1.00 bits per heavy atom. The second-order valence-electron chi connectivity index (χ2n) is 3.80. The van der Waals surface area contributed by atoms with Crippen molar-refractivity contribution in [2.45, 2.75) is 6.54 Å². The molecule has 0 atom stereocenters. The lowest BCUT2D eigenvalue weighted by Gasteiger charge is -2.10. The fourth-order valence-corrected chi connectivity index (χ4v) is 1.94. The highest BCUT2D eigenvalue weighted by Crippen LogP contribution is 2.13. The van der Waals surface area contributed by atoms with E-state index in [2.05, 4.69) is 38.7 Å². The van der Waals surface area contributed by atoms with Gasteiger partial charge in [-0.25, -0.2) is 0 Å². The number of rotatable bonds is 3. The van der Waals surface area contributed by atoms with Crippen LogP contribution in [0.3, 0.4) is 0 Å². The number of hydrogen-bond donors (Lipinski definition) is 2. The fourth-order valence-electron chi connectivity index (χ4n) is 1.49. The average Bonchev–Trinajstić information content (AvgIpc) is 2.40. The van der Waals surface area contributed by atoms with Gasteiger partial charge in [0.1, 0.15) is 0 Å². The van der Waals surface area contributed by atoms with Crippen molar-refractivity contribution in [2.24, 2.45) is 0 Å². The predicted molar refractivity (Wildman–Crippen MR) is 83.6 cm³/mol. The van der Waals surface area contributed by atoms with Crippen LogP contribution in [0.15, 0.2) is 59.1 Å². The van der Waals surface area contributed by atoms with E-state index in [9.17, 15) is 0 Å². The maximum absolute atomic E-state index is 5.23. The smallest absolute Gasteiger partial charge is 0.171 e. The summed E-state index contributed by atoms with van der Waals surface area (Å²) in [6, 6.07) is 18.1. The molecular weight excluding hydrogens is 308 g/mol. The van der Waals surface area contributed by atoms with Crippen molar-refractivity contribution in [3.8, 4) is 0 Å². The molecule has 0 unspecified atom stereocenters. The molecule has 0 saturated heterocycles. The van der Waals surface area contributed by atoms with Crippen LogP contribution in [0.25, 0.3) is 0 Å². The third-order valence-electron chi connectivity index (χ3n) is 2.40. The van der Waals surface area contributed by atoms with Gasteiger partial charge in [0.2, 0.25) is 0 Å². The molecule has 2 nitrogen and oxygen atoms in total. The van der Waals surface area contributed by atoms with E-state index in [1.54, 1.807) is 0 Å². The van der Waals surface area contributed by atoms with Crippen molar-refractivity contribution in [2.75, 3.05) is 5.32 Å². The van der Waals surface area contributed by atoms with E-state index in [4.69, 9.17) is 12.2 Å². The Hall–Kier alpha value is -1.39. The molecule has 0 aliphatic carbocycles. The molecule has 2 aromatic carbocycles. The summed E-state index contributed by atoms with van der Waals surface area (Å²) in [5.41, 5.74) is 2.18. The molecule has 0 saturated carbocycles. The number of benzene rings is 2. The van der Waals surface area contributed by atoms with Gasteiger partial charge in [0.05, 0.1) is 0 Å². The van der Waals surface area contributed by atoms with Crippen LogP contribution < -0.4 is 10.6 Å². The first-order valence-electron chi connectivity index (χ1n) is 5.58. The monoisotopic (exact) mass is 320 g/mol. The largest absolute Gasteiger partial charge is 0.358 e. The van der Waals surface area contributed by atoms with Crippen molar-refractivity contribution in [1.29, 1.82) is 0 Å². The standard InChI is InChI=1S/C14H13BrN2S/c15-12-6-8-13(9-7-12)17-14(18)16-10-11-4-2-1-3-5-11/h1-9H,10H2,(H2,16,17,18). The van der Waals surface area contributed by atoms with Crippen molar-refractivity contribution in [1.82, 2.24) is 5.32 Å². The van der Waals surface area contributed by atoms with Gasteiger partial charge in [0, 0.05) is 16.7 Å². The highest BCUT2D eigenvalue weighted by Gasteiger charge is 1.97. The molecule has 2 rings (SSSR count). The number of nitrogens with one attached hydrogen (secondary N) is 2. The SMILES string of the molecule is S=C(NCc1ccccc1)Nc1ccc(Br)cc1. The van der Waals surface area contributed by atoms with E-state index in [1.807, 2.05) is 42.5 Å². The topological polar surface area (TPSA) is 24.1 Å². The Balaban J connectivity index is 1.84. The second kappa shape index (κ2) is 6.52. The summed E-state index contributed by atoms with van der Waals surface area (Å²) in [4.78, 5) is 0. The molecule has 0 heterocycles. The molecule has 0 aliphatic heterocycles. The lowest BCUT2D eigenvalue weighted by Crippen LogP contribution is -2.27. The highest BCUT2D eigenvalue weighted by atomic mass is 79.9. The minimum absolute atomic E-state index is 0.626. The Labute approximate surface area is 121 Å². The van der Waals surface area contributed by atoms with Crippen LogP contribution in [-0.4, -0.2) is 5.11 Å². The number of hydrogen-bond acceptors (Lipinski definition) is 1. The maximum Gasteiger partial charge on any atom is 0.171 e. The summed E-state index contributed by atoms with van der Waals surface area (Å²) in [5, 5.41) is 6.94. The van der Waals surface area contributed by atoms with Gasteiger partial charge in [-0.1, -0.05) is 46.3 Å². The summed E-state index contributed by atoms with van der Waals surface area (Å²) in [6.45, 7) is 0.725. The number of thiocarbonyl (C=S) groups is 1. The van der Waals surface area contributed by atoms with Crippen LogP contribution in [0, 0.1) is 0 Å². The molecule has 18 heavy (non-hydrogen) atoms. The van der Waals surface area contributed by atoms with Crippen LogP contribution in [0.4, 0.5) is 5.69 Å². The van der Waals surface area contributed by atoms with Crippen LogP contribution in [-0.2, 0) is 6.54 Å². The molecule has 2 aromatic rings. The van der Waals surface area contributed by atoms with E-state index in [0.717, 1.165) is 16.7 Å². The zero-order valence-electron chi connectivity index (χ0n) is 9.69. The lowest BCUT2D eigenvalue weighted by atomic mass is 10.2. The fraction of sp³-hybridized carbons (Fsp3) is 0.0714. The molecule has 0 fully saturated rings. The zero-order valence-corrected chi connectivity index (χ0v) is 12.1. The van der Waals surface area contributed by atoms with E-state index in [-0.39, 0.29) is 0 Å². The van der Waals surface area contributed by atoms with Gasteiger partial charge in [0.15, 0.2) is 5.11 Å². The predicted octanol–water partition coefficient (Wildman–Crippen LogP) is 3.94. The van der Waals surface area contributed by atoms with E-state index >= 15 is 0 Å². The van der Waals surface area contributed by atoms with Gasteiger partial charge in [-0.15, -0.1) is 0 Å². The highest BCUT2D eigenvalue weighted by molar-refractivity contribution is 9.10. The van der Waals surface area contributed by atoms with Gasteiger partial charge >= 0.3 is 0 Å². The van der Waals surface area contributed by atoms with Gasteiger partial charge in [-0.2, -0.15) is 0 Å². The zero-order chi connectivity index (χ0) is 12.8. The minimum Gasteiger partial charge on any atom is -0.358 e. The van der Waals surface area contributed by atoms with Crippen LogP contribution in [0.5, 0.6) is 0 Å². The van der Waals surface area contributed by atoms with Crippen molar-refractivity contribution in [3.05, 3.63) is 64.6 Å². The molecule has 0 aliphatic rings. The molecule has 0 spiro atoms. The summed E-state index contributed by atoms with van der Waals surface area (Å²) in [5.74, 6) is 0. The molecule has 0 aromatic heterocycles. The molecule has 0 radical (unpaired) electrons. The summed E-state index contributed by atoms with van der Waals surface area (Å²) in [6.07, 6.45) is 0. The lowest BCUT2D eigenvalue weighted by molar-refractivity contribution is 0.926. The second-order valence-corrected chi connectivity index (χ2v) is 5.12. The normalized spacial score (nSPS) is 9.83. The van der Waals surface area contributed by atoms with Crippen molar-refractivity contribution >= 4 is 38.9 Å². The Morgan fingerprint density at radius 3 is 2.33 bits per heavy atom. The molecule has 0 amide bonds. The Kier molecular flexibility index (Phi) is 4.73. The average molecular weight is 321 g/mol. The van der Waals surface area contributed by atoms with Crippen LogP contribution >= 0.6 is 28.1 Å². The van der Waals surface area contributed by atoms with E-state index < -0.39 is 0 Å². The first-order chi connectivity index (χ1) is 8.74. The number of anilines is 1. The van der Waals surface area contributed by atoms with Gasteiger partial charge < -0.3 is 10.6 Å². The quantitative estimate of drug-likeness (QED) is 0.838. The van der Waals surface area contributed by atoms with Gasteiger partial charge in [-0.3, -0.25) is 0 Å². The first kappa shape index (κ1) is 13.1. The molecule has 2 N–H and O–H groups in total. The third-order valence-corrected chi connectivity index (χ3v) is 3.17. The summed E-state index contributed by atoms with van der Waals surface area (Å²) in [7, 11) is 0. The third kappa shape index (κ3) is 4.13. The maximum atomic E-state index is 5.23. The Morgan fingerprint density at radius 2 is 1.67 bits per heavy atom. The van der Waals surface area contributed by atoms with Crippen molar-refractivity contribution < 1.29 is 0 Å². The van der Waals surface area contributed by atoms with Gasteiger partial charge in [-0.05, 0) is 42.0 Å². The molecule has 92 valence electrons. The minimum atomic E-state index is 0.626. The van der Waals surface area contributed by atoms with Crippen LogP contribution in [0.1, 0.15) is 5.56 Å². The van der Waals surface area contributed by atoms with Crippen LogP contribution in [0.2, 0.25) is 0 Å². The van der Waals surface area contributed by atoms with E-state index in [1.165, 1.54) is 5.56 Å². The molecular formula is C14H13BrN2S. The summed E-state index contributed by atoms with van der Waals surface area (Å²) >= 11 is 8.63. The Bertz CT molecular complexity index is 511. The van der Waals surface area contributed by atoms with E-state index in [0.29, 0.717) is 5.11 Å². The summed E-state index contributed by atoms with van der Waals surface area (Å²) < 4.78 is 1.05. The number of halogens is 1. The van der Waals surface area contributed by atoms with Gasteiger partial charge in [0.25, 0.3) is 0 Å².